The van der Waals surface area contributed by atoms with Crippen molar-refractivity contribution >= 4 is 15.9 Å². The molecule has 0 saturated carbocycles. The van der Waals surface area contributed by atoms with Crippen LogP contribution in [-0.4, -0.2) is 20.9 Å². The number of amides is 1. The average Bonchev–Trinajstić information content (AvgIpc) is 2.15. The van der Waals surface area contributed by atoms with Crippen LogP contribution in [-0.2, 0) is 14.8 Å². The van der Waals surface area contributed by atoms with Crippen LogP contribution in [0.1, 0.15) is 5.56 Å². The van der Waals surface area contributed by atoms with Gasteiger partial charge in [0.05, 0.1) is 11.4 Å². The van der Waals surface area contributed by atoms with Crippen LogP contribution in [0.3, 0.4) is 0 Å². The first kappa shape index (κ1) is 11.7. The number of nitrogens with two attached hydrogens (primary N) is 1. The molecular weight excluding hydrogens is 216 g/mol. The van der Waals surface area contributed by atoms with Gasteiger partial charge in [-0.1, -0.05) is 12.1 Å². The van der Waals surface area contributed by atoms with Crippen LogP contribution in [0.4, 0.5) is 0 Å². The van der Waals surface area contributed by atoms with Gasteiger partial charge in [0.25, 0.3) is 0 Å². The van der Waals surface area contributed by atoms with Crippen LogP contribution in [0.2, 0.25) is 0 Å². The second-order valence-electron chi connectivity index (χ2n) is 3.11. The summed E-state index contributed by atoms with van der Waals surface area (Å²) in [5, 5.41) is 0. The lowest BCUT2D eigenvalue weighted by Crippen LogP contribution is -2.33. The van der Waals surface area contributed by atoms with Crippen molar-refractivity contribution in [2.45, 2.75) is 11.8 Å². The number of benzene rings is 1. The fourth-order valence-corrected chi connectivity index (χ4v) is 2.13. The Morgan fingerprint density at radius 1 is 1.47 bits per heavy atom. The molecule has 0 heterocycles. The summed E-state index contributed by atoms with van der Waals surface area (Å²) in [5.74, 6) is -0.716. The molecule has 0 atom stereocenters. The highest BCUT2D eigenvalue weighted by atomic mass is 32.2. The first-order chi connectivity index (χ1) is 6.92. The average molecular weight is 228 g/mol. The Labute approximate surface area is 88.3 Å². The third kappa shape index (κ3) is 3.34. The van der Waals surface area contributed by atoms with Gasteiger partial charge < -0.3 is 5.73 Å². The predicted molar refractivity (Wildman–Crippen MR) is 55.6 cm³/mol. The largest absolute Gasteiger partial charge is 0.369 e. The molecule has 3 N–H and O–H groups in total. The minimum absolute atomic E-state index is 0.128. The molecule has 0 radical (unpaired) electrons. The zero-order chi connectivity index (χ0) is 11.5. The van der Waals surface area contributed by atoms with E-state index in [4.69, 9.17) is 5.73 Å². The first-order valence-electron chi connectivity index (χ1n) is 4.26. The Balaban J connectivity index is 2.91. The summed E-state index contributed by atoms with van der Waals surface area (Å²) in [5.41, 5.74) is 5.67. The normalized spacial score (nSPS) is 11.3. The van der Waals surface area contributed by atoms with Gasteiger partial charge in [0, 0.05) is 0 Å². The second-order valence-corrected chi connectivity index (χ2v) is 4.87. The van der Waals surface area contributed by atoms with E-state index in [0.717, 1.165) is 5.56 Å². The monoisotopic (exact) mass is 228 g/mol. The Morgan fingerprint density at radius 2 is 2.13 bits per heavy atom. The van der Waals surface area contributed by atoms with Gasteiger partial charge in [0.15, 0.2) is 0 Å². The first-order valence-corrected chi connectivity index (χ1v) is 5.75. The number of carbonyl (C=O) groups excluding carboxylic acids is 1. The van der Waals surface area contributed by atoms with Crippen molar-refractivity contribution in [3.63, 3.8) is 0 Å². The van der Waals surface area contributed by atoms with Crippen LogP contribution in [0.15, 0.2) is 29.2 Å². The third-order valence-electron chi connectivity index (χ3n) is 1.74. The van der Waals surface area contributed by atoms with Gasteiger partial charge in [-0.25, -0.2) is 13.1 Å². The van der Waals surface area contributed by atoms with Gasteiger partial charge in [-0.05, 0) is 24.6 Å². The SMILES string of the molecule is Cc1cccc(S(=O)(=O)NCC(N)=O)c1. The van der Waals surface area contributed by atoms with Crippen LogP contribution in [0.5, 0.6) is 0 Å². The molecule has 1 aromatic carbocycles. The topological polar surface area (TPSA) is 89.3 Å². The number of hydrogen-bond donors (Lipinski definition) is 2. The standard InChI is InChI=1S/C9H12N2O3S/c1-7-3-2-4-8(5-7)15(13,14)11-6-9(10)12/h2-5,11H,6H2,1H3,(H2,10,12). The number of rotatable bonds is 4. The van der Waals surface area contributed by atoms with Gasteiger partial charge in [-0.2, -0.15) is 0 Å². The van der Waals surface area contributed by atoms with Crippen molar-refractivity contribution in [2.24, 2.45) is 5.73 Å². The molecule has 0 aliphatic heterocycles. The predicted octanol–water partition coefficient (Wildman–Crippen LogP) is -0.241. The van der Waals surface area contributed by atoms with E-state index in [1.165, 1.54) is 12.1 Å². The summed E-state index contributed by atoms with van der Waals surface area (Å²) in [6.07, 6.45) is 0. The Morgan fingerprint density at radius 3 is 2.67 bits per heavy atom. The van der Waals surface area contributed by atoms with E-state index in [1.54, 1.807) is 19.1 Å². The lowest BCUT2D eigenvalue weighted by molar-refractivity contribution is -0.116. The van der Waals surface area contributed by atoms with Gasteiger partial charge in [0.1, 0.15) is 0 Å². The second kappa shape index (κ2) is 4.41. The van der Waals surface area contributed by atoms with Gasteiger partial charge in [0.2, 0.25) is 15.9 Å². The van der Waals surface area contributed by atoms with Crippen molar-refractivity contribution in [2.75, 3.05) is 6.54 Å². The van der Waals surface area contributed by atoms with E-state index in [2.05, 4.69) is 4.72 Å². The van der Waals surface area contributed by atoms with E-state index >= 15 is 0 Å². The van der Waals surface area contributed by atoms with Crippen molar-refractivity contribution in [1.82, 2.24) is 4.72 Å². The summed E-state index contributed by atoms with van der Waals surface area (Å²) in [6.45, 7) is 1.39. The van der Waals surface area contributed by atoms with Crippen molar-refractivity contribution in [3.8, 4) is 0 Å². The Hall–Kier alpha value is -1.40. The summed E-state index contributed by atoms with van der Waals surface area (Å²) in [6, 6.07) is 6.39. The fraction of sp³-hybridized carbons (Fsp3) is 0.222. The number of aryl methyl sites for hydroxylation is 1. The number of hydrogen-bond acceptors (Lipinski definition) is 3. The maximum Gasteiger partial charge on any atom is 0.241 e. The fourth-order valence-electron chi connectivity index (χ4n) is 1.03. The number of carbonyl (C=O) groups is 1. The van der Waals surface area contributed by atoms with Gasteiger partial charge in [-0.3, -0.25) is 4.79 Å². The van der Waals surface area contributed by atoms with Crippen LogP contribution in [0.25, 0.3) is 0 Å². The minimum Gasteiger partial charge on any atom is -0.369 e. The molecule has 5 nitrogen and oxygen atoms in total. The summed E-state index contributed by atoms with van der Waals surface area (Å²) in [4.78, 5) is 10.6. The molecular formula is C9H12N2O3S. The highest BCUT2D eigenvalue weighted by molar-refractivity contribution is 7.89. The molecule has 0 fully saturated rings. The number of nitrogens with one attached hydrogen (secondary N) is 1. The molecule has 0 saturated heterocycles. The lowest BCUT2D eigenvalue weighted by Gasteiger charge is -2.05. The molecule has 1 aromatic rings. The van der Waals surface area contributed by atoms with Gasteiger partial charge >= 0.3 is 0 Å². The summed E-state index contributed by atoms with van der Waals surface area (Å²) >= 11 is 0. The van der Waals surface area contributed by atoms with E-state index < -0.39 is 22.5 Å². The molecule has 15 heavy (non-hydrogen) atoms. The number of sulfonamides is 1. The van der Waals surface area contributed by atoms with Crippen molar-refractivity contribution in [3.05, 3.63) is 29.8 Å². The maximum atomic E-state index is 11.6. The molecule has 0 unspecified atom stereocenters. The maximum absolute atomic E-state index is 11.6. The zero-order valence-electron chi connectivity index (χ0n) is 8.23. The Bertz CT molecular complexity index is 468. The highest BCUT2D eigenvalue weighted by Crippen LogP contribution is 2.09. The molecule has 6 heteroatoms. The minimum atomic E-state index is -3.63. The molecule has 0 spiro atoms. The molecule has 82 valence electrons. The van der Waals surface area contributed by atoms with Crippen molar-refractivity contribution < 1.29 is 13.2 Å². The van der Waals surface area contributed by atoms with Crippen LogP contribution < -0.4 is 10.5 Å². The van der Waals surface area contributed by atoms with E-state index in [9.17, 15) is 13.2 Å². The molecule has 0 aliphatic carbocycles. The molecule has 1 amide bonds. The highest BCUT2D eigenvalue weighted by Gasteiger charge is 2.13. The van der Waals surface area contributed by atoms with Crippen LogP contribution in [0, 0.1) is 6.92 Å². The molecule has 1 rings (SSSR count). The number of primary amides is 1. The smallest absolute Gasteiger partial charge is 0.241 e. The third-order valence-corrected chi connectivity index (χ3v) is 3.14. The van der Waals surface area contributed by atoms with Gasteiger partial charge in [-0.15, -0.1) is 0 Å². The van der Waals surface area contributed by atoms with Crippen molar-refractivity contribution in [1.29, 1.82) is 0 Å². The quantitative estimate of drug-likeness (QED) is 0.745. The van der Waals surface area contributed by atoms with Crippen LogP contribution >= 0.6 is 0 Å². The molecule has 0 aliphatic rings. The Kier molecular flexibility index (Phi) is 3.43. The van der Waals surface area contributed by atoms with E-state index in [-0.39, 0.29) is 4.90 Å². The zero-order valence-corrected chi connectivity index (χ0v) is 9.04. The lowest BCUT2D eigenvalue weighted by atomic mass is 10.2. The van der Waals surface area contributed by atoms with E-state index in [1.807, 2.05) is 0 Å². The summed E-state index contributed by atoms with van der Waals surface area (Å²) in [7, 11) is -3.63. The summed E-state index contributed by atoms with van der Waals surface area (Å²) < 4.78 is 25.2. The van der Waals surface area contributed by atoms with E-state index in [0.29, 0.717) is 0 Å². The molecule has 0 bridgehead atoms. The molecule has 0 aromatic heterocycles.